The molecule has 2 aromatic carbocycles. The van der Waals surface area contributed by atoms with Crippen LogP contribution in [0.5, 0.6) is 17.4 Å². The van der Waals surface area contributed by atoms with Crippen LogP contribution in [0.4, 0.5) is 0 Å². The Balaban J connectivity index is 1.48. The topological polar surface area (TPSA) is 117 Å². The van der Waals surface area contributed by atoms with Gasteiger partial charge in [-0.15, -0.1) is 15.3 Å². The molecule has 0 saturated carbocycles. The monoisotopic (exact) mass is 557 g/mol. The number of halogens is 3. The Labute approximate surface area is 215 Å². The summed E-state index contributed by atoms with van der Waals surface area (Å²) in [5.41, 5.74) is 1.14. The van der Waals surface area contributed by atoms with Crippen LogP contribution in [0, 0.1) is 0 Å². The molecule has 0 fully saturated rings. The normalized spacial score (nSPS) is 11.6. The molecule has 1 N–H and O–H groups in total. The van der Waals surface area contributed by atoms with Gasteiger partial charge in [0, 0.05) is 18.7 Å². The van der Waals surface area contributed by atoms with Gasteiger partial charge in [-0.3, -0.25) is 0 Å². The van der Waals surface area contributed by atoms with E-state index in [0.717, 1.165) is 0 Å². The van der Waals surface area contributed by atoms with Gasteiger partial charge in [-0.25, -0.2) is 13.1 Å². The largest absolute Gasteiger partial charge is 0.497 e. The highest BCUT2D eigenvalue weighted by molar-refractivity contribution is 7.89. The lowest BCUT2D eigenvalue weighted by atomic mass is 10.2. The number of nitrogens with zero attached hydrogens (tertiary/aromatic N) is 4. The van der Waals surface area contributed by atoms with Crippen molar-refractivity contribution in [2.24, 2.45) is 0 Å². The number of fused-ring (bicyclic) bond motifs is 1. The number of rotatable bonds is 9. The zero-order valence-electron chi connectivity index (χ0n) is 18.3. The molecule has 35 heavy (non-hydrogen) atoms. The smallest absolute Gasteiger partial charge is 0.242 e. The molecule has 0 aliphatic carbocycles. The molecule has 0 saturated heterocycles. The minimum Gasteiger partial charge on any atom is -0.497 e. The average molecular weight is 559 g/mol. The second-order valence-corrected chi connectivity index (χ2v) is 9.93. The lowest BCUT2D eigenvalue weighted by molar-refractivity contribution is 0.306. The van der Waals surface area contributed by atoms with E-state index in [-0.39, 0.29) is 39.0 Å². The minimum atomic E-state index is -3.94. The van der Waals surface area contributed by atoms with Crippen molar-refractivity contribution in [1.82, 2.24) is 24.5 Å². The van der Waals surface area contributed by atoms with E-state index in [1.807, 2.05) is 0 Å². The summed E-state index contributed by atoms with van der Waals surface area (Å²) in [4.78, 5) is -0.185. The van der Waals surface area contributed by atoms with E-state index in [0.29, 0.717) is 28.5 Å². The van der Waals surface area contributed by atoms with Gasteiger partial charge in [0.1, 0.15) is 23.0 Å². The van der Waals surface area contributed by atoms with E-state index in [9.17, 15) is 8.42 Å². The van der Waals surface area contributed by atoms with Crippen LogP contribution in [-0.2, 0) is 10.0 Å². The molecule has 0 radical (unpaired) electrons. The number of sulfonamides is 1. The molecule has 10 nitrogen and oxygen atoms in total. The molecule has 0 atom stereocenters. The zero-order chi connectivity index (χ0) is 25.2. The van der Waals surface area contributed by atoms with Gasteiger partial charge in [-0.1, -0.05) is 34.8 Å². The van der Waals surface area contributed by atoms with Gasteiger partial charge >= 0.3 is 0 Å². The highest BCUT2D eigenvalue weighted by Gasteiger charge is 2.20. The highest BCUT2D eigenvalue weighted by Crippen LogP contribution is 2.33. The van der Waals surface area contributed by atoms with Crippen LogP contribution < -0.4 is 18.9 Å². The molecular formula is C21H18Cl3N5O5S. The number of nitrogens with one attached hydrogen (secondary N) is 1. The van der Waals surface area contributed by atoms with Crippen LogP contribution in [0.3, 0.4) is 0 Å². The van der Waals surface area contributed by atoms with E-state index in [1.54, 1.807) is 37.4 Å². The minimum absolute atomic E-state index is 0.0139. The van der Waals surface area contributed by atoms with E-state index in [2.05, 4.69) is 20.0 Å². The van der Waals surface area contributed by atoms with E-state index in [1.165, 1.54) is 23.8 Å². The van der Waals surface area contributed by atoms with Crippen LogP contribution in [-0.4, -0.2) is 55.6 Å². The van der Waals surface area contributed by atoms with Crippen LogP contribution in [0.15, 0.2) is 47.4 Å². The molecule has 184 valence electrons. The summed E-state index contributed by atoms with van der Waals surface area (Å²) in [7, 11) is -0.843. The number of ether oxygens (including phenoxy) is 3. The molecule has 2 heterocycles. The number of methoxy groups -OCH3 is 2. The number of aromatic nitrogens is 4. The van der Waals surface area contributed by atoms with E-state index >= 15 is 0 Å². The van der Waals surface area contributed by atoms with Crippen molar-refractivity contribution in [3.8, 4) is 28.8 Å². The van der Waals surface area contributed by atoms with Crippen molar-refractivity contribution in [1.29, 1.82) is 0 Å². The second-order valence-electron chi connectivity index (χ2n) is 6.97. The Hall–Kier alpha value is -2.83. The second kappa shape index (κ2) is 10.4. The summed E-state index contributed by atoms with van der Waals surface area (Å²) in [6, 6.07) is 11.0. The highest BCUT2D eigenvalue weighted by atomic mass is 35.5. The van der Waals surface area contributed by atoms with E-state index < -0.39 is 10.0 Å². The van der Waals surface area contributed by atoms with Crippen LogP contribution in [0.1, 0.15) is 0 Å². The molecule has 0 unspecified atom stereocenters. The zero-order valence-corrected chi connectivity index (χ0v) is 21.4. The van der Waals surface area contributed by atoms with Crippen LogP contribution >= 0.6 is 34.8 Å². The SMILES string of the molecule is COc1ccc(-c2nnc3ccc(OCCNS(=O)(=O)c4cc(Cl)c(Cl)cc4Cl)nn23)c(OC)c1. The maximum Gasteiger partial charge on any atom is 0.242 e. The summed E-state index contributed by atoms with van der Waals surface area (Å²) in [5, 5.41) is 12.9. The molecule has 4 aromatic rings. The maximum atomic E-state index is 12.6. The molecule has 0 aliphatic rings. The van der Waals surface area contributed by atoms with Gasteiger partial charge in [-0.05, 0) is 30.3 Å². The predicted molar refractivity (Wildman–Crippen MR) is 131 cm³/mol. The molecule has 0 amide bonds. The molecule has 0 aliphatic heterocycles. The number of hydrogen-bond acceptors (Lipinski definition) is 8. The van der Waals surface area contributed by atoms with Crippen molar-refractivity contribution >= 4 is 50.5 Å². The molecule has 0 bridgehead atoms. The number of hydrogen-bond donors (Lipinski definition) is 1. The average Bonchev–Trinajstić information content (AvgIpc) is 3.26. The van der Waals surface area contributed by atoms with Gasteiger partial charge < -0.3 is 14.2 Å². The van der Waals surface area contributed by atoms with Gasteiger partial charge in [0.2, 0.25) is 15.9 Å². The van der Waals surface area contributed by atoms with Gasteiger partial charge in [-0.2, -0.15) is 4.52 Å². The Morgan fingerprint density at radius 2 is 1.71 bits per heavy atom. The number of benzene rings is 2. The van der Waals surface area contributed by atoms with Gasteiger partial charge in [0.05, 0.1) is 34.9 Å². The fourth-order valence-electron chi connectivity index (χ4n) is 3.12. The maximum absolute atomic E-state index is 12.6. The van der Waals surface area contributed by atoms with Crippen molar-refractivity contribution in [2.75, 3.05) is 27.4 Å². The third kappa shape index (κ3) is 5.39. The molecule has 14 heteroatoms. The standard InChI is InChI=1S/C21H18Cl3N5O5S/c1-32-12-3-4-13(17(9-12)33-2)21-27-26-19-5-6-20(28-29(19)21)34-8-7-25-35(30,31)18-11-15(23)14(22)10-16(18)24/h3-6,9-11,25H,7-8H2,1-2H3. The van der Waals surface area contributed by atoms with Gasteiger partial charge in [0.15, 0.2) is 11.5 Å². The first-order valence-corrected chi connectivity index (χ1v) is 12.6. The molecular weight excluding hydrogens is 541 g/mol. The first-order chi connectivity index (χ1) is 16.7. The molecule has 2 aromatic heterocycles. The lowest BCUT2D eigenvalue weighted by Gasteiger charge is -2.11. The van der Waals surface area contributed by atoms with Gasteiger partial charge in [0.25, 0.3) is 0 Å². The first kappa shape index (κ1) is 25.3. The summed E-state index contributed by atoms with van der Waals surface area (Å²) in [6.45, 7) is -0.0695. The summed E-state index contributed by atoms with van der Waals surface area (Å²) in [5.74, 6) is 1.82. The van der Waals surface area contributed by atoms with Crippen LogP contribution in [0.25, 0.3) is 17.0 Å². The van der Waals surface area contributed by atoms with Crippen LogP contribution in [0.2, 0.25) is 15.1 Å². The summed E-state index contributed by atoms with van der Waals surface area (Å²) in [6.07, 6.45) is 0. The Bertz CT molecular complexity index is 1500. The molecule has 4 rings (SSSR count). The molecule has 0 spiro atoms. The Kier molecular flexibility index (Phi) is 7.53. The third-order valence-electron chi connectivity index (χ3n) is 4.80. The Morgan fingerprint density at radius 1 is 0.943 bits per heavy atom. The van der Waals surface area contributed by atoms with Crippen molar-refractivity contribution in [2.45, 2.75) is 4.90 Å². The lowest BCUT2D eigenvalue weighted by Crippen LogP contribution is -2.28. The quantitative estimate of drug-likeness (QED) is 0.241. The fraction of sp³-hybridized carbons (Fsp3) is 0.190. The summed E-state index contributed by atoms with van der Waals surface area (Å²) < 4.78 is 45.3. The van der Waals surface area contributed by atoms with E-state index in [4.69, 9.17) is 49.0 Å². The van der Waals surface area contributed by atoms with Crippen molar-refractivity contribution in [3.05, 3.63) is 57.5 Å². The van der Waals surface area contributed by atoms with Crippen molar-refractivity contribution in [3.63, 3.8) is 0 Å². The third-order valence-corrected chi connectivity index (χ3v) is 7.44. The predicted octanol–water partition coefficient (Wildman–Crippen LogP) is 4.13. The summed E-state index contributed by atoms with van der Waals surface area (Å²) >= 11 is 17.8. The fourth-order valence-corrected chi connectivity index (χ4v) is 5.13. The van der Waals surface area contributed by atoms with Crippen molar-refractivity contribution < 1.29 is 22.6 Å². The Morgan fingerprint density at radius 3 is 2.46 bits per heavy atom. The first-order valence-electron chi connectivity index (χ1n) is 9.95.